The molecule has 0 saturated heterocycles. The van der Waals surface area contributed by atoms with Crippen molar-refractivity contribution in [2.45, 2.75) is 11.7 Å². The van der Waals surface area contributed by atoms with E-state index in [2.05, 4.69) is 15.4 Å². The van der Waals surface area contributed by atoms with Crippen LogP contribution >= 0.6 is 11.8 Å². The summed E-state index contributed by atoms with van der Waals surface area (Å²) in [6.07, 6.45) is 7.21. The van der Waals surface area contributed by atoms with Gasteiger partial charge < -0.3 is 14.8 Å². The van der Waals surface area contributed by atoms with Gasteiger partial charge in [-0.2, -0.15) is 5.10 Å². The quantitative estimate of drug-likeness (QED) is 0.406. The fourth-order valence-corrected chi connectivity index (χ4v) is 3.98. The van der Waals surface area contributed by atoms with Crippen molar-refractivity contribution in [3.63, 3.8) is 0 Å². The number of aromatic nitrogens is 4. The molecular formula is C24H24N6O2S. The lowest BCUT2D eigenvalue weighted by Gasteiger charge is -2.16. The smallest absolute Gasteiger partial charge is 0.253 e. The minimum Gasteiger partial charge on any atom is -0.337 e. The van der Waals surface area contributed by atoms with E-state index in [4.69, 9.17) is 0 Å². The Morgan fingerprint density at radius 1 is 1.09 bits per heavy atom. The summed E-state index contributed by atoms with van der Waals surface area (Å²) in [7, 11) is 3.64. The molecule has 0 aliphatic rings. The first-order chi connectivity index (χ1) is 16.0. The normalized spacial score (nSPS) is 10.7. The maximum atomic E-state index is 12.8. The third kappa shape index (κ3) is 5.69. The molecule has 8 nitrogen and oxygen atoms in total. The molecule has 2 aromatic carbocycles. The van der Waals surface area contributed by atoms with Crippen LogP contribution in [0.4, 0.5) is 5.69 Å². The number of amides is 2. The van der Waals surface area contributed by atoms with Gasteiger partial charge in [0.15, 0.2) is 5.16 Å². The van der Waals surface area contributed by atoms with E-state index in [0.29, 0.717) is 17.8 Å². The molecule has 168 valence electrons. The van der Waals surface area contributed by atoms with Crippen molar-refractivity contribution in [1.82, 2.24) is 24.2 Å². The van der Waals surface area contributed by atoms with E-state index in [1.807, 2.05) is 54.3 Å². The third-order valence-corrected chi connectivity index (χ3v) is 6.01. The highest BCUT2D eigenvalue weighted by Gasteiger charge is 2.14. The number of hydrogen-bond acceptors (Lipinski definition) is 5. The molecule has 2 amide bonds. The third-order valence-electron chi connectivity index (χ3n) is 4.95. The molecule has 0 saturated carbocycles. The van der Waals surface area contributed by atoms with Gasteiger partial charge in [-0.3, -0.25) is 9.59 Å². The monoisotopic (exact) mass is 460 g/mol. The molecule has 1 N–H and O–H groups in total. The Hall–Kier alpha value is -3.85. The average Bonchev–Trinajstić information content (AvgIpc) is 3.47. The molecule has 0 fully saturated rings. The van der Waals surface area contributed by atoms with Crippen LogP contribution in [0.5, 0.6) is 0 Å². The molecule has 0 atom stereocenters. The average molecular weight is 461 g/mol. The Bertz CT molecular complexity index is 1230. The first-order valence-corrected chi connectivity index (χ1v) is 11.3. The van der Waals surface area contributed by atoms with Crippen LogP contribution in [0.3, 0.4) is 0 Å². The van der Waals surface area contributed by atoms with Crippen LogP contribution in [-0.4, -0.2) is 48.8 Å². The predicted octanol–water partition coefficient (Wildman–Crippen LogP) is 3.61. The van der Waals surface area contributed by atoms with Gasteiger partial charge in [0.1, 0.15) is 0 Å². The molecule has 33 heavy (non-hydrogen) atoms. The van der Waals surface area contributed by atoms with Gasteiger partial charge in [-0.25, -0.2) is 9.67 Å². The number of aryl methyl sites for hydroxylation is 1. The molecular weight excluding hydrogens is 436 g/mol. The van der Waals surface area contributed by atoms with Gasteiger partial charge in [0.05, 0.1) is 17.6 Å². The Morgan fingerprint density at radius 2 is 1.85 bits per heavy atom. The number of nitrogens with one attached hydrogen (secondary N) is 1. The molecule has 2 heterocycles. The zero-order chi connectivity index (χ0) is 23.2. The van der Waals surface area contributed by atoms with Crippen molar-refractivity contribution in [3.8, 4) is 5.69 Å². The number of para-hydroxylation sites is 1. The van der Waals surface area contributed by atoms with Crippen LogP contribution in [-0.2, 0) is 18.4 Å². The summed E-state index contributed by atoms with van der Waals surface area (Å²) in [6, 6.07) is 16.7. The number of benzene rings is 2. The minimum absolute atomic E-state index is 0.106. The van der Waals surface area contributed by atoms with E-state index in [1.165, 1.54) is 11.8 Å². The Morgan fingerprint density at radius 3 is 2.55 bits per heavy atom. The summed E-state index contributed by atoms with van der Waals surface area (Å²) in [5, 5.41) is 8.00. The summed E-state index contributed by atoms with van der Waals surface area (Å²) >= 11 is 1.37. The second-order valence-electron chi connectivity index (χ2n) is 7.52. The lowest BCUT2D eigenvalue weighted by atomic mass is 10.1. The highest BCUT2D eigenvalue weighted by molar-refractivity contribution is 7.99. The number of anilines is 1. The maximum absolute atomic E-state index is 12.8. The van der Waals surface area contributed by atoms with E-state index in [1.54, 1.807) is 53.3 Å². The molecule has 0 radical (unpaired) electrons. The van der Waals surface area contributed by atoms with Crippen molar-refractivity contribution in [1.29, 1.82) is 0 Å². The zero-order valence-electron chi connectivity index (χ0n) is 18.4. The van der Waals surface area contributed by atoms with E-state index in [-0.39, 0.29) is 17.6 Å². The lowest BCUT2D eigenvalue weighted by molar-refractivity contribution is -0.113. The topological polar surface area (TPSA) is 85.1 Å². The summed E-state index contributed by atoms with van der Waals surface area (Å²) in [5.74, 6) is 0.0191. The van der Waals surface area contributed by atoms with Gasteiger partial charge in [-0.1, -0.05) is 30.0 Å². The number of carbonyl (C=O) groups is 2. The summed E-state index contributed by atoms with van der Waals surface area (Å²) < 4.78 is 3.65. The van der Waals surface area contributed by atoms with Gasteiger partial charge in [0.2, 0.25) is 5.91 Å². The van der Waals surface area contributed by atoms with Crippen molar-refractivity contribution < 1.29 is 9.59 Å². The maximum Gasteiger partial charge on any atom is 0.253 e. The number of thioether (sulfide) groups is 1. The molecule has 0 aliphatic heterocycles. The standard InChI is InChI=1S/C24H24N6O2S/c1-28-13-12-25-24(28)33-17-22(31)27-20-10-8-19(9-11-20)23(32)29(2)15-18-14-26-30(16-18)21-6-4-3-5-7-21/h3-14,16H,15,17H2,1-2H3,(H,27,31). The van der Waals surface area contributed by atoms with Crippen LogP contribution in [0.15, 0.2) is 84.5 Å². The Kier molecular flexibility index (Phi) is 6.89. The van der Waals surface area contributed by atoms with Gasteiger partial charge in [0.25, 0.3) is 5.91 Å². The van der Waals surface area contributed by atoms with Crippen molar-refractivity contribution in [3.05, 3.63) is 90.5 Å². The number of hydrogen-bond donors (Lipinski definition) is 1. The van der Waals surface area contributed by atoms with Gasteiger partial charge in [0, 0.05) is 56.0 Å². The van der Waals surface area contributed by atoms with Crippen LogP contribution in [0.2, 0.25) is 0 Å². The zero-order valence-corrected chi connectivity index (χ0v) is 19.2. The first kappa shape index (κ1) is 22.3. The number of carbonyl (C=O) groups excluding carboxylic acids is 2. The molecule has 0 bridgehead atoms. The van der Waals surface area contributed by atoms with Crippen LogP contribution < -0.4 is 5.32 Å². The number of nitrogens with zero attached hydrogens (tertiary/aromatic N) is 5. The van der Waals surface area contributed by atoms with Crippen molar-refractivity contribution >= 4 is 29.3 Å². The fraction of sp³-hybridized carbons (Fsp3) is 0.167. The second kappa shape index (κ2) is 10.2. The molecule has 0 unspecified atom stereocenters. The number of imidazole rings is 1. The minimum atomic E-state index is -0.130. The lowest BCUT2D eigenvalue weighted by Crippen LogP contribution is -2.26. The number of rotatable bonds is 8. The van der Waals surface area contributed by atoms with Crippen LogP contribution in [0.25, 0.3) is 5.69 Å². The van der Waals surface area contributed by atoms with Crippen molar-refractivity contribution in [2.24, 2.45) is 7.05 Å². The van der Waals surface area contributed by atoms with Gasteiger partial charge in [-0.05, 0) is 36.4 Å². The van der Waals surface area contributed by atoms with E-state index < -0.39 is 0 Å². The molecule has 9 heteroatoms. The fourth-order valence-electron chi connectivity index (χ4n) is 3.24. The summed E-state index contributed by atoms with van der Waals surface area (Å²) in [4.78, 5) is 30.9. The van der Waals surface area contributed by atoms with E-state index >= 15 is 0 Å². The first-order valence-electron chi connectivity index (χ1n) is 10.3. The largest absolute Gasteiger partial charge is 0.337 e. The Labute approximate surface area is 196 Å². The molecule has 0 aliphatic carbocycles. The molecule has 4 rings (SSSR count). The predicted molar refractivity (Wildman–Crippen MR) is 128 cm³/mol. The van der Waals surface area contributed by atoms with Crippen LogP contribution in [0.1, 0.15) is 15.9 Å². The molecule has 4 aromatic rings. The molecule has 0 spiro atoms. The van der Waals surface area contributed by atoms with Crippen molar-refractivity contribution in [2.75, 3.05) is 18.1 Å². The highest BCUT2D eigenvalue weighted by atomic mass is 32.2. The molecule has 2 aromatic heterocycles. The summed E-state index contributed by atoms with van der Waals surface area (Å²) in [6.45, 7) is 0.439. The summed E-state index contributed by atoms with van der Waals surface area (Å²) in [5.41, 5.74) is 3.09. The van der Waals surface area contributed by atoms with E-state index in [9.17, 15) is 9.59 Å². The SMILES string of the molecule is CN(Cc1cnn(-c2ccccc2)c1)C(=O)c1ccc(NC(=O)CSc2nccn2C)cc1. The Balaban J connectivity index is 1.30. The van der Waals surface area contributed by atoms with E-state index in [0.717, 1.165) is 16.4 Å². The van der Waals surface area contributed by atoms with Gasteiger partial charge >= 0.3 is 0 Å². The highest BCUT2D eigenvalue weighted by Crippen LogP contribution is 2.17. The van der Waals surface area contributed by atoms with Crippen LogP contribution in [0, 0.1) is 0 Å². The van der Waals surface area contributed by atoms with Gasteiger partial charge in [-0.15, -0.1) is 0 Å². The second-order valence-corrected chi connectivity index (χ2v) is 8.47.